The average Bonchev–Trinajstić information content (AvgIpc) is 2.89. The zero-order chi connectivity index (χ0) is 34.7. The average molecular weight is 741 g/mol. The summed E-state index contributed by atoms with van der Waals surface area (Å²) < 4.78 is 0. The summed E-state index contributed by atoms with van der Waals surface area (Å²) in [7, 11) is -2.04. The zero-order valence-electron chi connectivity index (χ0n) is 23.7. The number of carboxylic acid groups (broad SMARTS) is 8. The molecule has 0 heterocycles. The molecule has 0 rings (SSSR count). The fraction of sp³-hybridized carbons (Fsp3) is 0.667. The van der Waals surface area contributed by atoms with Crippen LogP contribution in [0.4, 0.5) is 0 Å². The van der Waals surface area contributed by atoms with Crippen LogP contribution in [0, 0.1) is 0 Å². The highest BCUT2D eigenvalue weighted by Crippen LogP contribution is 2.50. The predicted octanol–water partition coefficient (Wildman–Crippen LogP) is 1.44. The number of rotatable bonds is 28. The van der Waals surface area contributed by atoms with E-state index in [1.54, 1.807) is 0 Å². The van der Waals surface area contributed by atoms with Crippen LogP contribution in [0.2, 0.25) is 0 Å². The Kier molecular flexibility index (Phi) is 20.9. The summed E-state index contributed by atoms with van der Waals surface area (Å²) in [6.45, 7) is 0. The van der Waals surface area contributed by atoms with Crippen LogP contribution >= 0.6 is 57.1 Å². The second-order valence-corrected chi connectivity index (χ2v) is 18.5. The van der Waals surface area contributed by atoms with Crippen molar-refractivity contribution < 1.29 is 79.2 Å². The van der Waals surface area contributed by atoms with Crippen molar-refractivity contribution in [3.63, 3.8) is 0 Å². The highest BCUT2D eigenvalue weighted by atomic mass is 32.3. The summed E-state index contributed by atoms with van der Waals surface area (Å²) >= 11 is 3.39. The van der Waals surface area contributed by atoms with Gasteiger partial charge in [-0.25, -0.2) is 10.0 Å². The molecule has 0 aromatic heterocycles. The zero-order valence-corrected chi connectivity index (χ0v) is 27.8. The first-order valence-electron chi connectivity index (χ1n) is 12.9. The highest BCUT2D eigenvalue weighted by molar-refractivity contribution is 8.34. The number of carbonyl (C=O) groups is 8. The van der Waals surface area contributed by atoms with Crippen molar-refractivity contribution in [2.24, 2.45) is 0 Å². The van der Waals surface area contributed by atoms with Gasteiger partial charge in [0, 0.05) is 23.0 Å². The molecule has 0 aliphatic carbocycles. The number of hydrogen-bond acceptors (Lipinski definition) is 12. The third kappa shape index (κ3) is 19.6. The SMILES string of the molecule is O=C(O)CC(SCCS(CCSC(CC(=O)O)C(=O)O)(CCSC(CC(=O)O)C(=O)O)CCSC(CC(=O)O)C(=O)O)C(=O)O. The number of hydrogen-bond donors (Lipinski definition) is 8. The molecule has 21 heteroatoms. The van der Waals surface area contributed by atoms with Crippen LogP contribution in [0.1, 0.15) is 25.7 Å². The maximum Gasteiger partial charge on any atom is 0.317 e. The monoisotopic (exact) mass is 740 g/mol. The molecule has 0 aliphatic rings. The Labute approximate surface area is 275 Å². The summed E-state index contributed by atoms with van der Waals surface area (Å²) in [6.07, 6.45) is -2.71. The van der Waals surface area contributed by atoms with Crippen molar-refractivity contribution in [1.29, 1.82) is 0 Å². The largest absolute Gasteiger partial charge is 0.481 e. The Morgan fingerprint density at radius 1 is 0.378 bits per heavy atom. The Hall–Kier alpha value is -2.49. The van der Waals surface area contributed by atoms with E-state index in [4.69, 9.17) is 20.4 Å². The normalized spacial score (nSPS) is 15.8. The van der Waals surface area contributed by atoms with Gasteiger partial charge >= 0.3 is 47.8 Å². The summed E-state index contributed by atoms with van der Waals surface area (Å²) in [5.41, 5.74) is 0. The minimum atomic E-state index is -2.04. The lowest BCUT2D eigenvalue weighted by atomic mass is 10.3. The second kappa shape index (κ2) is 22.1. The van der Waals surface area contributed by atoms with Gasteiger partial charge < -0.3 is 40.9 Å². The molecule has 4 unspecified atom stereocenters. The molecule has 45 heavy (non-hydrogen) atoms. The second-order valence-electron chi connectivity index (χ2n) is 9.22. The minimum absolute atomic E-state index is 0.103. The van der Waals surface area contributed by atoms with Crippen LogP contribution in [0.5, 0.6) is 0 Å². The Morgan fingerprint density at radius 2 is 0.556 bits per heavy atom. The molecule has 16 nitrogen and oxygen atoms in total. The van der Waals surface area contributed by atoms with Crippen molar-refractivity contribution in [2.45, 2.75) is 46.7 Å². The number of aliphatic carboxylic acids is 8. The Bertz CT molecular complexity index is 905. The maximum absolute atomic E-state index is 11.6. The third-order valence-electron chi connectivity index (χ3n) is 5.88. The van der Waals surface area contributed by atoms with Crippen LogP contribution in [-0.2, 0) is 38.4 Å². The van der Waals surface area contributed by atoms with Gasteiger partial charge in [0.2, 0.25) is 0 Å². The van der Waals surface area contributed by atoms with Gasteiger partial charge in [-0.05, 0) is 23.0 Å². The van der Waals surface area contributed by atoms with Crippen molar-refractivity contribution in [3.05, 3.63) is 0 Å². The quantitative estimate of drug-likeness (QED) is 0.0562. The summed E-state index contributed by atoms with van der Waals surface area (Å²) in [4.78, 5) is 90.9. The third-order valence-corrected chi connectivity index (χ3v) is 16.0. The molecule has 0 aromatic rings. The molecule has 0 fully saturated rings. The lowest BCUT2D eigenvalue weighted by molar-refractivity contribution is -0.142. The molecule has 8 N–H and O–H groups in total. The van der Waals surface area contributed by atoms with Gasteiger partial charge in [0.05, 0.1) is 25.7 Å². The molecule has 0 bridgehead atoms. The summed E-state index contributed by atoms with van der Waals surface area (Å²) in [5.74, 6) is -9.43. The van der Waals surface area contributed by atoms with Crippen molar-refractivity contribution in [2.75, 3.05) is 46.0 Å². The predicted molar refractivity (Wildman–Crippen MR) is 172 cm³/mol. The van der Waals surface area contributed by atoms with Gasteiger partial charge in [0.1, 0.15) is 21.0 Å². The van der Waals surface area contributed by atoms with E-state index >= 15 is 0 Å². The van der Waals surface area contributed by atoms with Crippen LogP contribution in [0.15, 0.2) is 0 Å². The highest BCUT2D eigenvalue weighted by Gasteiger charge is 2.31. The van der Waals surface area contributed by atoms with E-state index in [-0.39, 0.29) is 46.0 Å². The molecule has 0 spiro atoms. The van der Waals surface area contributed by atoms with Gasteiger partial charge in [-0.2, -0.15) is 0 Å². The fourth-order valence-corrected chi connectivity index (χ4v) is 14.8. The topological polar surface area (TPSA) is 298 Å². The molecule has 258 valence electrons. The van der Waals surface area contributed by atoms with Crippen LogP contribution in [0.3, 0.4) is 0 Å². The Morgan fingerprint density at radius 3 is 0.689 bits per heavy atom. The Balaban J connectivity index is 6.23. The van der Waals surface area contributed by atoms with Crippen LogP contribution < -0.4 is 0 Å². The first-order chi connectivity index (χ1) is 20.9. The van der Waals surface area contributed by atoms with Gasteiger partial charge in [-0.1, -0.05) is 0 Å². The van der Waals surface area contributed by atoms with E-state index in [2.05, 4.69) is 0 Å². The minimum Gasteiger partial charge on any atom is -0.481 e. The van der Waals surface area contributed by atoms with E-state index in [1.807, 2.05) is 0 Å². The molecule has 4 atom stereocenters. The van der Waals surface area contributed by atoms with Crippen LogP contribution in [-0.4, -0.2) is 156 Å². The standard InChI is InChI=1S/C24H36O16S5/c25-17(26)9-13(21(33)34)41-1-5-45(6-2-42-14(22(35)36)10-18(27)28,7-3-43-15(23(37)38)11-19(29)30)8-4-44-16(24(39)40)12-20(31)32/h13-16H,1-12H2,(H,25,26)(H,27,28)(H,29,30)(H,31,32)(H,33,34)(H,35,36)(H,37,38)(H,39,40). The molecule has 0 radical (unpaired) electrons. The molecule has 0 saturated carbocycles. The smallest absolute Gasteiger partial charge is 0.317 e. The molecular formula is C24H36O16S5. The van der Waals surface area contributed by atoms with Gasteiger partial charge in [0.25, 0.3) is 0 Å². The van der Waals surface area contributed by atoms with E-state index < -0.39 is 104 Å². The molecule has 0 aliphatic heterocycles. The molecular weight excluding hydrogens is 705 g/mol. The number of carboxylic acids is 8. The van der Waals surface area contributed by atoms with Gasteiger partial charge in [-0.15, -0.1) is 47.0 Å². The van der Waals surface area contributed by atoms with Gasteiger partial charge in [0.15, 0.2) is 0 Å². The van der Waals surface area contributed by atoms with Crippen LogP contribution in [0.25, 0.3) is 0 Å². The summed E-state index contributed by atoms with van der Waals surface area (Å²) in [6, 6.07) is 0. The van der Waals surface area contributed by atoms with E-state index in [9.17, 15) is 58.8 Å². The van der Waals surface area contributed by atoms with E-state index in [0.29, 0.717) is 0 Å². The first-order valence-corrected chi connectivity index (χ1v) is 19.4. The van der Waals surface area contributed by atoms with Gasteiger partial charge in [-0.3, -0.25) is 38.4 Å². The summed E-state index contributed by atoms with van der Waals surface area (Å²) in [5, 5.41) is 68.8. The van der Waals surface area contributed by atoms with Crippen molar-refractivity contribution in [3.8, 4) is 0 Å². The maximum atomic E-state index is 11.6. The lowest BCUT2D eigenvalue weighted by Crippen LogP contribution is -2.28. The fourth-order valence-electron chi connectivity index (χ4n) is 3.59. The van der Waals surface area contributed by atoms with E-state index in [0.717, 1.165) is 47.0 Å². The number of thioether (sulfide) groups is 4. The first kappa shape index (κ1) is 42.5. The van der Waals surface area contributed by atoms with Crippen molar-refractivity contribution >= 4 is 105 Å². The molecule has 0 amide bonds. The van der Waals surface area contributed by atoms with E-state index in [1.165, 1.54) is 0 Å². The lowest BCUT2D eigenvalue weighted by Gasteiger charge is -2.41. The molecule has 0 saturated heterocycles. The molecule has 0 aromatic carbocycles. The van der Waals surface area contributed by atoms with Crippen molar-refractivity contribution in [1.82, 2.24) is 0 Å².